The lowest BCUT2D eigenvalue weighted by atomic mass is 10.1. The largest absolute Gasteiger partial charge is 0.477 e. The van der Waals surface area contributed by atoms with Gasteiger partial charge in [0.2, 0.25) is 0 Å². The van der Waals surface area contributed by atoms with Crippen molar-refractivity contribution in [3.05, 3.63) is 39.4 Å². The Morgan fingerprint density at radius 1 is 1.47 bits per heavy atom. The van der Waals surface area contributed by atoms with Gasteiger partial charge in [0, 0.05) is 17.1 Å². The van der Waals surface area contributed by atoms with E-state index in [1.165, 1.54) is 23.9 Å². The number of benzene rings is 1. The Labute approximate surface area is 114 Å². The molecule has 6 nitrogen and oxygen atoms in total. The van der Waals surface area contributed by atoms with Crippen LogP contribution in [0.1, 0.15) is 29.8 Å². The second-order valence-corrected chi connectivity index (χ2v) is 5.50. The van der Waals surface area contributed by atoms with Gasteiger partial charge in [-0.15, -0.1) is 0 Å². The van der Waals surface area contributed by atoms with Crippen molar-refractivity contribution in [2.24, 2.45) is 0 Å². The van der Waals surface area contributed by atoms with E-state index in [1.807, 2.05) is 6.92 Å². The molecular weight excluding hydrogens is 270 g/mol. The molecule has 0 aliphatic heterocycles. The predicted octanol–water partition coefficient (Wildman–Crippen LogP) is 2.30. The molecule has 0 spiro atoms. The summed E-state index contributed by atoms with van der Waals surface area (Å²) in [4.78, 5) is 21.3. The molecule has 0 aromatic heterocycles. The summed E-state index contributed by atoms with van der Waals surface area (Å²) in [5.74, 6) is -1.01. The number of thioether (sulfide) groups is 1. The fourth-order valence-corrected chi connectivity index (χ4v) is 2.43. The molecule has 0 bridgehead atoms. The van der Waals surface area contributed by atoms with Crippen LogP contribution in [0.15, 0.2) is 18.2 Å². The van der Waals surface area contributed by atoms with Gasteiger partial charge in [0.1, 0.15) is 5.56 Å². The number of carboxylic acids is 1. The molecule has 19 heavy (non-hydrogen) atoms. The lowest BCUT2D eigenvalue weighted by Crippen LogP contribution is -2.16. The molecule has 2 N–H and O–H groups in total. The third-order valence-electron chi connectivity index (χ3n) is 2.72. The number of aliphatic hydroxyl groups excluding tert-OH is 1. The highest BCUT2D eigenvalue weighted by atomic mass is 32.2. The van der Waals surface area contributed by atoms with Gasteiger partial charge in [-0.2, -0.15) is 11.8 Å². The van der Waals surface area contributed by atoms with Crippen LogP contribution in [0.4, 0.5) is 5.69 Å². The standard InChI is InChI=1S/C12H15NO5S/c1-7(14)8(2)19-6-9-4-3-5-10(13(17)18)11(9)12(15)16/h3-5,7-8,14H,6H2,1-2H3,(H,15,16). The van der Waals surface area contributed by atoms with Gasteiger partial charge in [-0.05, 0) is 12.5 Å². The first-order valence-electron chi connectivity index (χ1n) is 5.63. The first-order chi connectivity index (χ1) is 8.84. The maximum Gasteiger partial charge on any atom is 0.343 e. The van der Waals surface area contributed by atoms with Gasteiger partial charge in [-0.25, -0.2) is 4.79 Å². The van der Waals surface area contributed by atoms with Gasteiger partial charge in [0.25, 0.3) is 5.69 Å². The van der Waals surface area contributed by atoms with Crippen molar-refractivity contribution in [2.45, 2.75) is 31.0 Å². The fraction of sp³-hybridized carbons (Fsp3) is 0.417. The van der Waals surface area contributed by atoms with Crippen molar-refractivity contribution in [1.82, 2.24) is 0 Å². The molecule has 0 aliphatic rings. The summed E-state index contributed by atoms with van der Waals surface area (Å²) in [7, 11) is 0. The highest BCUT2D eigenvalue weighted by molar-refractivity contribution is 7.99. The Kier molecular flexibility index (Phi) is 5.31. The van der Waals surface area contributed by atoms with Crippen molar-refractivity contribution in [2.75, 3.05) is 0 Å². The highest BCUT2D eigenvalue weighted by Crippen LogP contribution is 2.27. The van der Waals surface area contributed by atoms with Crippen LogP contribution in [0.5, 0.6) is 0 Å². The topological polar surface area (TPSA) is 101 Å². The van der Waals surface area contributed by atoms with Crippen molar-refractivity contribution in [1.29, 1.82) is 0 Å². The van der Waals surface area contributed by atoms with Gasteiger partial charge in [-0.3, -0.25) is 10.1 Å². The quantitative estimate of drug-likeness (QED) is 0.614. The molecule has 0 aliphatic carbocycles. The van der Waals surface area contributed by atoms with Gasteiger partial charge >= 0.3 is 5.97 Å². The summed E-state index contributed by atoms with van der Waals surface area (Å²) in [6.45, 7) is 3.45. The molecule has 2 unspecified atom stereocenters. The average molecular weight is 285 g/mol. The van der Waals surface area contributed by atoms with Crippen LogP contribution in [0.25, 0.3) is 0 Å². The second kappa shape index (κ2) is 6.53. The highest BCUT2D eigenvalue weighted by Gasteiger charge is 2.23. The van der Waals surface area contributed by atoms with Crippen molar-refractivity contribution < 1.29 is 19.9 Å². The van der Waals surface area contributed by atoms with Gasteiger partial charge in [0.05, 0.1) is 11.0 Å². The molecule has 0 radical (unpaired) electrons. The number of carbonyl (C=O) groups is 1. The normalized spacial score (nSPS) is 13.8. The summed E-state index contributed by atoms with van der Waals surface area (Å²) in [5.41, 5.74) is -0.299. The van der Waals surface area contributed by atoms with Gasteiger partial charge in [0.15, 0.2) is 0 Å². The lowest BCUT2D eigenvalue weighted by Gasteiger charge is -2.14. The number of nitro groups is 1. The molecule has 104 valence electrons. The average Bonchev–Trinajstić information content (AvgIpc) is 2.34. The van der Waals surface area contributed by atoms with Crippen LogP contribution in [-0.2, 0) is 5.75 Å². The minimum Gasteiger partial charge on any atom is -0.477 e. The van der Waals surface area contributed by atoms with Crippen LogP contribution < -0.4 is 0 Å². The minimum absolute atomic E-state index is 0.0825. The van der Waals surface area contributed by atoms with Crippen molar-refractivity contribution >= 4 is 23.4 Å². The number of aromatic carboxylic acids is 1. The SMILES string of the molecule is CC(O)C(C)SCc1cccc([N+](=O)[O-])c1C(=O)O. The smallest absolute Gasteiger partial charge is 0.343 e. The Hall–Kier alpha value is -1.60. The molecule has 7 heteroatoms. The molecule has 1 aromatic carbocycles. The van der Waals surface area contributed by atoms with E-state index in [9.17, 15) is 20.0 Å². The Morgan fingerprint density at radius 2 is 2.11 bits per heavy atom. The monoisotopic (exact) mass is 285 g/mol. The minimum atomic E-state index is -1.31. The summed E-state index contributed by atoms with van der Waals surface area (Å²) in [5, 5.41) is 29.2. The maximum absolute atomic E-state index is 11.2. The number of rotatable bonds is 6. The molecule has 1 rings (SSSR count). The first-order valence-corrected chi connectivity index (χ1v) is 6.68. The van der Waals surface area contributed by atoms with E-state index in [4.69, 9.17) is 5.11 Å². The van der Waals surface area contributed by atoms with E-state index < -0.39 is 22.7 Å². The second-order valence-electron chi connectivity index (χ2n) is 4.13. The van der Waals surface area contributed by atoms with E-state index in [-0.39, 0.29) is 10.8 Å². The molecule has 0 amide bonds. The molecule has 0 saturated heterocycles. The Morgan fingerprint density at radius 3 is 2.58 bits per heavy atom. The van der Waals surface area contributed by atoms with Crippen LogP contribution in [-0.4, -0.2) is 32.5 Å². The maximum atomic E-state index is 11.2. The lowest BCUT2D eigenvalue weighted by molar-refractivity contribution is -0.385. The van der Waals surface area contributed by atoms with Gasteiger partial charge in [-0.1, -0.05) is 19.1 Å². The molecule has 0 saturated carbocycles. The third kappa shape index (κ3) is 3.93. The van der Waals surface area contributed by atoms with Crippen molar-refractivity contribution in [3.63, 3.8) is 0 Å². The molecule has 0 heterocycles. The third-order valence-corrected chi connectivity index (χ3v) is 4.12. The Balaban J connectivity index is 3.04. The number of nitro benzene ring substituents is 1. The summed E-state index contributed by atoms with van der Waals surface area (Å²) >= 11 is 1.35. The fourth-order valence-electron chi connectivity index (χ4n) is 1.47. The summed E-state index contributed by atoms with van der Waals surface area (Å²) < 4.78 is 0. The number of nitrogens with zero attached hydrogens (tertiary/aromatic N) is 1. The number of carboxylic acid groups (broad SMARTS) is 1. The van der Waals surface area contributed by atoms with E-state index in [1.54, 1.807) is 13.0 Å². The number of hydrogen-bond donors (Lipinski definition) is 2. The molecule has 2 atom stereocenters. The first kappa shape index (κ1) is 15.5. The van der Waals surface area contributed by atoms with Crippen LogP contribution in [0, 0.1) is 10.1 Å². The molecular formula is C12H15NO5S. The van der Waals surface area contributed by atoms with Crippen LogP contribution in [0.3, 0.4) is 0 Å². The molecule has 0 fully saturated rings. The van der Waals surface area contributed by atoms with Gasteiger partial charge < -0.3 is 10.2 Å². The summed E-state index contributed by atoms with van der Waals surface area (Å²) in [6, 6.07) is 4.20. The van der Waals surface area contributed by atoms with Crippen LogP contribution in [0.2, 0.25) is 0 Å². The zero-order valence-electron chi connectivity index (χ0n) is 10.6. The number of aliphatic hydroxyl groups is 1. The molecule has 1 aromatic rings. The number of hydrogen-bond acceptors (Lipinski definition) is 5. The Bertz CT molecular complexity index is 489. The zero-order chi connectivity index (χ0) is 14.6. The van der Waals surface area contributed by atoms with E-state index in [0.29, 0.717) is 11.3 Å². The van der Waals surface area contributed by atoms with E-state index in [2.05, 4.69) is 0 Å². The predicted molar refractivity (Wildman–Crippen MR) is 72.5 cm³/mol. The van der Waals surface area contributed by atoms with Crippen molar-refractivity contribution in [3.8, 4) is 0 Å². The zero-order valence-corrected chi connectivity index (χ0v) is 11.4. The summed E-state index contributed by atoms with van der Waals surface area (Å²) in [6.07, 6.45) is -0.531. The van der Waals surface area contributed by atoms with Crippen LogP contribution >= 0.6 is 11.8 Å². The van der Waals surface area contributed by atoms with E-state index >= 15 is 0 Å². The van der Waals surface area contributed by atoms with E-state index in [0.717, 1.165) is 0 Å².